The largest absolute Gasteiger partial charge is 0.289 e. The van der Waals surface area contributed by atoms with E-state index in [1.807, 2.05) is 0 Å². The van der Waals surface area contributed by atoms with Crippen molar-refractivity contribution in [2.24, 2.45) is 0 Å². The lowest BCUT2D eigenvalue weighted by Crippen LogP contribution is -2.10. The summed E-state index contributed by atoms with van der Waals surface area (Å²) in [6, 6.07) is 0. The zero-order valence-electron chi connectivity index (χ0n) is 6.22. The van der Waals surface area contributed by atoms with Crippen LogP contribution in [0.1, 0.15) is 0 Å². The molecule has 64 valence electrons. The number of H-pyrrole nitrogens is 2. The minimum atomic E-state index is -0.329. The highest BCUT2D eigenvalue weighted by Gasteiger charge is 2.08. The van der Waals surface area contributed by atoms with E-state index in [2.05, 4.69) is 30.5 Å². The van der Waals surface area contributed by atoms with Crippen molar-refractivity contribution in [3.8, 4) is 0 Å². The topological polar surface area (TPSA) is 105 Å². The van der Waals surface area contributed by atoms with Crippen LogP contribution in [0.25, 0.3) is 16.9 Å². The number of nitrogens with one attached hydrogen (secondary N) is 2. The molecule has 0 amide bonds. The van der Waals surface area contributed by atoms with E-state index >= 15 is 0 Å². The molecule has 8 heteroatoms. The third-order valence-corrected chi connectivity index (χ3v) is 1.72. The van der Waals surface area contributed by atoms with Crippen LogP contribution >= 0.6 is 0 Å². The molecule has 0 spiro atoms. The maximum Gasteiger partial charge on any atom is 0.282 e. The lowest BCUT2D eigenvalue weighted by molar-refractivity contribution is 0.921. The smallest absolute Gasteiger partial charge is 0.282 e. The van der Waals surface area contributed by atoms with E-state index in [-0.39, 0.29) is 11.1 Å². The number of aromatic amines is 2. The molecule has 0 saturated heterocycles. The summed E-state index contributed by atoms with van der Waals surface area (Å²) in [7, 11) is 0. The summed E-state index contributed by atoms with van der Waals surface area (Å²) in [5.41, 5.74) is 0.263. The molecular weight excluding hydrogens is 174 g/mol. The van der Waals surface area contributed by atoms with Crippen molar-refractivity contribution in [3.63, 3.8) is 0 Å². The predicted octanol–water partition coefficient (Wildman–Crippen LogP) is -1.31. The number of aromatic nitrogens is 7. The van der Waals surface area contributed by atoms with E-state index in [1.165, 1.54) is 10.8 Å². The van der Waals surface area contributed by atoms with Gasteiger partial charge in [-0.1, -0.05) is 0 Å². The fraction of sp³-hybridized carbons (Fsp3) is 0. The van der Waals surface area contributed by atoms with Crippen molar-refractivity contribution in [2.75, 3.05) is 0 Å². The molecule has 0 radical (unpaired) electrons. The van der Waals surface area contributed by atoms with E-state index in [0.29, 0.717) is 11.4 Å². The molecule has 8 nitrogen and oxygen atoms in total. The Bertz CT molecular complexity index is 631. The van der Waals surface area contributed by atoms with Gasteiger partial charge in [0.05, 0.1) is 0 Å². The van der Waals surface area contributed by atoms with Gasteiger partial charge < -0.3 is 0 Å². The van der Waals surface area contributed by atoms with Crippen molar-refractivity contribution in [1.82, 2.24) is 35.0 Å². The first kappa shape index (κ1) is 6.29. The second kappa shape index (κ2) is 1.91. The van der Waals surface area contributed by atoms with E-state index in [1.54, 1.807) is 0 Å². The van der Waals surface area contributed by atoms with E-state index in [4.69, 9.17) is 0 Å². The van der Waals surface area contributed by atoms with Gasteiger partial charge in [-0.3, -0.25) is 9.78 Å². The van der Waals surface area contributed by atoms with Crippen LogP contribution < -0.4 is 5.56 Å². The van der Waals surface area contributed by atoms with Gasteiger partial charge >= 0.3 is 0 Å². The Morgan fingerprint density at radius 1 is 1.38 bits per heavy atom. The molecule has 2 N–H and O–H groups in total. The second-order valence-corrected chi connectivity index (χ2v) is 2.45. The summed E-state index contributed by atoms with van der Waals surface area (Å²) >= 11 is 0. The Kier molecular flexibility index (Phi) is 0.925. The monoisotopic (exact) mass is 177 g/mol. The zero-order valence-corrected chi connectivity index (χ0v) is 6.22. The van der Waals surface area contributed by atoms with Gasteiger partial charge in [-0.2, -0.15) is 19.8 Å². The summed E-state index contributed by atoms with van der Waals surface area (Å²) in [5, 5.41) is 13.7. The molecule has 0 aliphatic rings. The number of hydrogen-bond donors (Lipinski definition) is 2. The first-order valence-electron chi connectivity index (χ1n) is 3.49. The second-order valence-electron chi connectivity index (χ2n) is 2.45. The van der Waals surface area contributed by atoms with Gasteiger partial charge in [0.15, 0.2) is 5.52 Å². The maximum atomic E-state index is 11.3. The summed E-state index contributed by atoms with van der Waals surface area (Å²) in [4.78, 5) is 17.6. The molecular formula is C5H3N7O. The van der Waals surface area contributed by atoms with Crippen molar-refractivity contribution in [3.05, 3.63) is 16.7 Å². The molecule has 0 atom stereocenters. The molecule has 0 bridgehead atoms. The number of rotatable bonds is 0. The molecule has 0 aromatic carbocycles. The normalized spacial score (nSPS) is 11.4. The third-order valence-electron chi connectivity index (χ3n) is 1.72. The van der Waals surface area contributed by atoms with Crippen LogP contribution in [0, 0.1) is 0 Å². The van der Waals surface area contributed by atoms with Crippen LogP contribution in [0.5, 0.6) is 0 Å². The van der Waals surface area contributed by atoms with E-state index < -0.39 is 0 Å². The molecule has 3 aromatic heterocycles. The molecule has 0 fully saturated rings. The average Bonchev–Trinajstić information content (AvgIpc) is 2.66. The molecule has 13 heavy (non-hydrogen) atoms. The van der Waals surface area contributed by atoms with Gasteiger partial charge in [-0.05, 0) is 0 Å². The van der Waals surface area contributed by atoms with E-state index in [9.17, 15) is 4.79 Å². The molecule has 3 heterocycles. The summed E-state index contributed by atoms with van der Waals surface area (Å²) in [5.74, 6) is 0.353. The first-order chi connectivity index (χ1) is 6.36. The fourth-order valence-corrected chi connectivity index (χ4v) is 1.17. The number of fused-ring (bicyclic) bond motifs is 3. The first-order valence-corrected chi connectivity index (χ1v) is 3.49. The third kappa shape index (κ3) is 0.662. The van der Waals surface area contributed by atoms with Crippen LogP contribution in [-0.2, 0) is 0 Å². The highest BCUT2D eigenvalue weighted by atomic mass is 16.1. The molecule has 0 saturated carbocycles. The maximum absolute atomic E-state index is 11.3. The minimum absolute atomic E-state index is 0.220. The molecule has 0 unspecified atom stereocenters. The Balaban J connectivity index is 2.79. The van der Waals surface area contributed by atoms with Crippen LogP contribution in [0.4, 0.5) is 0 Å². The van der Waals surface area contributed by atoms with Gasteiger partial charge in [-0.15, -0.1) is 10.2 Å². The Labute approximate surface area is 69.6 Å². The number of hydrogen-bond acceptors (Lipinski definition) is 5. The minimum Gasteiger partial charge on any atom is -0.289 e. The van der Waals surface area contributed by atoms with Gasteiger partial charge in [0, 0.05) is 0 Å². The Morgan fingerprint density at radius 3 is 3.23 bits per heavy atom. The number of nitrogens with zero attached hydrogens (tertiary/aromatic N) is 5. The zero-order chi connectivity index (χ0) is 8.84. The van der Waals surface area contributed by atoms with Gasteiger partial charge in [0.1, 0.15) is 6.33 Å². The van der Waals surface area contributed by atoms with Crippen molar-refractivity contribution in [1.29, 1.82) is 0 Å². The summed E-state index contributed by atoms with van der Waals surface area (Å²) in [6.07, 6.45) is 1.33. The van der Waals surface area contributed by atoms with Crippen LogP contribution in [-0.4, -0.2) is 35.0 Å². The summed E-state index contributed by atoms with van der Waals surface area (Å²) in [6.45, 7) is 0. The average molecular weight is 177 g/mol. The van der Waals surface area contributed by atoms with E-state index in [0.717, 1.165) is 0 Å². The lowest BCUT2D eigenvalue weighted by Gasteiger charge is -1.89. The summed E-state index contributed by atoms with van der Waals surface area (Å²) < 4.78 is 1.40. The van der Waals surface area contributed by atoms with Crippen molar-refractivity contribution >= 4 is 16.9 Å². The van der Waals surface area contributed by atoms with Gasteiger partial charge in [-0.25, -0.2) is 0 Å². The highest BCUT2D eigenvalue weighted by Crippen LogP contribution is 2.00. The fourth-order valence-electron chi connectivity index (χ4n) is 1.17. The lowest BCUT2D eigenvalue weighted by atomic mass is 10.5. The van der Waals surface area contributed by atoms with Crippen LogP contribution in [0.2, 0.25) is 0 Å². The van der Waals surface area contributed by atoms with Crippen LogP contribution in [0.15, 0.2) is 11.1 Å². The highest BCUT2D eigenvalue weighted by molar-refractivity contribution is 5.69. The van der Waals surface area contributed by atoms with Gasteiger partial charge in [0.25, 0.3) is 5.56 Å². The van der Waals surface area contributed by atoms with Crippen molar-refractivity contribution in [2.45, 2.75) is 0 Å². The predicted molar refractivity (Wildman–Crippen MR) is 41.1 cm³/mol. The molecule has 0 aliphatic heterocycles. The van der Waals surface area contributed by atoms with Crippen LogP contribution in [0.3, 0.4) is 0 Å². The molecule has 3 aromatic rings. The molecule has 3 rings (SSSR count). The Morgan fingerprint density at radius 2 is 2.31 bits per heavy atom. The molecule has 0 aliphatic carbocycles. The Hall–Kier alpha value is -2.25. The standard InChI is InChI=1S/C5H3N7O/c13-4-2-3(10-11-9-2)12-5(8-4)6-1-7-12/h1H,(H,9,10,11)(H,6,7,8,13). The van der Waals surface area contributed by atoms with Gasteiger partial charge in [0.2, 0.25) is 11.4 Å². The van der Waals surface area contributed by atoms with Crippen molar-refractivity contribution < 1.29 is 0 Å². The SMILES string of the molecule is O=c1[nH]c2ncnn2c2n[nH]nc12. The quantitative estimate of drug-likeness (QED) is 0.443.